The van der Waals surface area contributed by atoms with Gasteiger partial charge in [0, 0.05) is 12.2 Å². The molecule has 20 heavy (non-hydrogen) atoms. The number of hydrogen-bond donors (Lipinski definition) is 2. The molecule has 0 unspecified atom stereocenters. The molecular formula is C14H21N5O. The molecule has 6 heteroatoms. The van der Waals surface area contributed by atoms with Crippen LogP contribution < -0.4 is 10.6 Å². The fourth-order valence-electron chi connectivity index (χ4n) is 2.46. The molecule has 0 aromatic carbocycles. The number of piperidine rings is 1. The molecule has 1 aliphatic rings. The van der Waals surface area contributed by atoms with Crippen LogP contribution >= 0.6 is 0 Å². The van der Waals surface area contributed by atoms with Crippen molar-refractivity contribution in [1.82, 2.24) is 19.9 Å². The third-order valence-electron chi connectivity index (χ3n) is 3.57. The number of nitrogens with one attached hydrogen (secondary N) is 2. The summed E-state index contributed by atoms with van der Waals surface area (Å²) in [5.41, 5.74) is 1.95. The van der Waals surface area contributed by atoms with E-state index >= 15 is 0 Å². The molecule has 0 atom stereocenters. The summed E-state index contributed by atoms with van der Waals surface area (Å²) in [6.07, 6.45) is 2.60. The molecule has 3 heterocycles. The maximum Gasteiger partial charge on any atom is 0.243 e. The average Bonchev–Trinajstić information content (AvgIpc) is 2.89. The number of anilines is 1. The Balaban J connectivity index is 1.48. The number of ether oxygens (including phenoxy) is 1. The Bertz CT molecular complexity index is 562. The van der Waals surface area contributed by atoms with Gasteiger partial charge in [0.1, 0.15) is 0 Å². The highest BCUT2D eigenvalue weighted by atomic mass is 16.5. The van der Waals surface area contributed by atoms with Gasteiger partial charge in [0.05, 0.1) is 12.7 Å². The van der Waals surface area contributed by atoms with Gasteiger partial charge in [-0.25, -0.2) is 4.52 Å². The zero-order valence-corrected chi connectivity index (χ0v) is 11.8. The van der Waals surface area contributed by atoms with Crippen molar-refractivity contribution in [3.8, 4) is 0 Å². The van der Waals surface area contributed by atoms with Crippen molar-refractivity contribution in [3.05, 3.63) is 23.9 Å². The fraction of sp³-hybridized carbons (Fsp3) is 0.571. The minimum atomic E-state index is 0.398. The minimum absolute atomic E-state index is 0.398. The third-order valence-corrected chi connectivity index (χ3v) is 3.57. The van der Waals surface area contributed by atoms with E-state index in [-0.39, 0.29) is 0 Å². The SMILES string of the molecule is Cc1cccc2nc(NCCOC3CCNCC3)nn12. The first-order valence-corrected chi connectivity index (χ1v) is 7.21. The van der Waals surface area contributed by atoms with E-state index in [1.807, 2.05) is 29.6 Å². The summed E-state index contributed by atoms with van der Waals surface area (Å²) in [5, 5.41) is 11.0. The van der Waals surface area contributed by atoms with E-state index in [1.54, 1.807) is 0 Å². The molecule has 0 amide bonds. The van der Waals surface area contributed by atoms with Gasteiger partial charge in [-0.1, -0.05) is 6.07 Å². The minimum Gasteiger partial charge on any atom is -0.376 e. The van der Waals surface area contributed by atoms with Gasteiger partial charge in [-0.3, -0.25) is 0 Å². The third kappa shape index (κ3) is 3.08. The normalized spacial score (nSPS) is 16.6. The van der Waals surface area contributed by atoms with Crippen molar-refractivity contribution >= 4 is 11.6 Å². The maximum atomic E-state index is 5.84. The molecule has 0 saturated carbocycles. The molecule has 0 aliphatic carbocycles. The maximum absolute atomic E-state index is 5.84. The lowest BCUT2D eigenvalue weighted by Crippen LogP contribution is -2.33. The molecule has 1 saturated heterocycles. The second-order valence-corrected chi connectivity index (χ2v) is 5.12. The topological polar surface area (TPSA) is 63.5 Å². The van der Waals surface area contributed by atoms with E-state index in [0.717, 1.165) is 43.8 Å². The molecule has 0 bridgehead atoms. The number of nitrogens with zero attached hydrogens (tertiary/aromatic N) is 3. The van der Waals surface area contributed by atoms with Gasteiger partial charge < -0.3 is 15.4 Å². The lowest BCUT2D eigenvalue weighted by Gasteiger charge is -2.22. The van der Waals surface area contributed by atoms with Gasteiger partial charge in [-0.05, 0) is 45.0 Å². The van der Waals surface area contributed by atoms with E-state index in [0.29, 0.717) is 18.7 Å². The van der Waals surface area contributed by atoms with Crippen LogP contribution in [0.25, 0.3) is 5.65 Å². The number of fused-ring (bicyclic) bond motifs is 1. The lowest BCUT2D eigenvalue weighted by atomic mass is 10.1. The van der Waals surface area contributed by atoms with E-state index in [1.165, 1.54) is 0 Å². The molecule has 1 aliphatic heterocycles. The predicted molar refractivity (Wildman–Crippen MR) is 78.1 cm³/mol. The van der Waals surface area contributed by atoms with Crippen molar-refractivity contribution in [3.63, 3.8) is 0 Å². The number of hydrogen-bond acceptors (Lipinski definition) is 5. The van der Waals surface area contributed by atoms with E-state index in [4.69, 9.17) is 4.74 Å². The van der Waals surface area contributed by atoms with Crippen LogP contribution in [0.2, 0.25) is 0 Å². The summed E-state index contributed by atoms with van der Waals surface area (Å²) < 4.78 is 7.68. The Morgan fingerprint density at radius 1 is 1.40 bits per heavy atom. The molecule has 2 aromatic heterocycles. The number of pyridine rings is 1. The standard InChI is InChI=1S/C14H21N5O/c1-11-3-2-4-13-17-14(18-19(11)13)16-9-10-20-12-5-7-15-8-6-12/h2-4,12,15H,5-10H2,1H3,(H,16,18). The smallest absolute Gasteiger partial charge is 0.243 e. The quantitative estimate of drug-likeness (QED) is 0.803. The first kappa shape index (κ1) is 13.3. The van der Waals surface area contributed by atoms with Crippen LogP contribution in [-0.4, -0.2) is 46.9 Å². The van der Waals surface area contributed by atoms with Gasteiger partial charge in [-0.2, -0.15) is 4.98 Å². The Labute approximate surface area is 118 Å². The Hall–Kier alpha value is -1.66. The molecule has 6 nitrogen and oxygen atoms in total. The number of aryl methyl sites for hydroxylation is 1. The largest absolute Gasteiger partial charge is 0.376 e. The Morgan fingerprint density at radius 2 is 2.25 bits per heavy atom. The van der Waals surface area contributed by atoms with Crippen LogP contribution in [-0.2, 0) is 4.74 Å². The second kappa shape index (κ2) is 6.19. The van der Waals surface area contributed by atoms with Gasteiger partial charge in [0.15, 0.2) is 5.65 Å². The highest BCUT2D eigenvalue weighted by Gasteiger charge is 2.12. The highest BCUT2D eigenvalue weighted by Crippen LogP contribution is 2.09. The zero-order chi connectivity index (χ0) is 13.8. The molecule has 2 N–H and O–H groups in total. The summed E-state index contributed by atoms with van der Waals surface area (Å²) in [4.78, 5) is 4.43. The molecule has 0 radical (unpaired) electrons. The summed E-state index contributed by atoms with van der Waals surface area (Å²) in [7, 11) is 0. The summed E-state index contributed by atoms with van der Waals surface area (Å²) in [6.45, 7) is 5.57. The van der Waals surface area contributed by atoms with Crippen molar-refractivity contribution in [2.75, 3.05) is 31.6 Å². The monoisotopic (exact) mass is 275 g/mol. The number of aromatic nitrogens is 3. The molecule has 1 fully saturated rings. The van der Waals surface area contributed by atoms with Gasteiger partial charge in [-0.15, -0.1) is 5.10 Å². The Kier molecular flexibility index (Phi) is 4.13. The van der Waals surface area contributed by atoms with Gasteiger partial charge >= 0.3 is 0 Å². The van der Waals surface area contributed by atoms with Crippen molar-refractivity contribution in [1.29, 1.82) is 0 Å². The molecule has 0 spiro atoms. The van der Waals surface area contributed by atoms with Gasteiger partial charge in [0.2, 0.25) is 5.95 Å². The average molecular weight is 275 g/mol. The van der Waals surface area contributed by atoms with E-state index in [2.05, 4.69) is 20.7 Å². The fourth-order valence-corrected chi connectivity index (χ4v) is 2.46. The summed E-state index contributed by atoms with van der Waals surface area (Å²) in [5.74, 6) is 0.660. The van der Waals surface area contributed by atoms with Crippen molar-refractivity contribution in [2.45, 2.75) is 25.9 Å². The number of rotatable bonds is 5. The van der Waals surface area contributed by atoms with E-state index < -0.39 is 0 Å². The molecule has 2 aromatic rings. The lowest BCUT2D eigenvalue weighted by molar-refractivity contribution is 0.0394. The van der Waals surface area contributed by atoms with Crippen LogP contribution in [0.4, 0.5) is 5.95 Å². The first-order valence-electron chi connectivity index (χ1n) is 7.21. The van der Waals surface area contributed by atoms with Gasteiger partial charge in [0.25, 0.3) is 0 Å². The molecule has 3 rings (SSSR count). The Morgan fingerprint density at radius 3 is 3.05 bits per heavy atom. The summed E-state index contributed by atoms with van der Waals surface area (Å²) >= 11 is 0. The molecular weight excluding hydrogens is 254 g/mol. The van der Waals surface area contributed by atoms with Crippen LogP contribution in [0.1, 0.15) is 18.5 Å². The van der Waals surface area contributed by atoms with Crippen molar-refractivity contribution < 1.29 is 4.74 Å². The zero-order valence-electron chi connectivity index (χ0n) is 11.8. The van der Waals surface area contributed by atoms with Crippen LogP contribution in [0, 0.1) is 6.92 Å². The second-order valence-electron chi connectivity index (χ2n) is 5.12. The molecule has 108 valence electrons. The van der Waals surface area contributed by atoms with E-state index in [9.17, 15) is 0 Å². The van der Waals surface area contributed by atoms with Crippen molar-refractivity contribution in [2.24, 2.45) is 0 Å². The highest BCUT2D eigenvalue weighted by molar-refractivity contribution is 5.44. The van der Waals surface area contributed by atoms with Crippen LogP contribution in [0.3, 0.4) is 0 Å². The van der Waals surface area contributed by atoms with Crippen LogP contribution in [0.5, 0.6) is 0 Å². The first-order chi connectivity index (χ1) is 9.83. The van der Waals surface area contributed by atoms with Crippen LogP contribution in [0.15, 0.2) is 18.2 Å². The summed E-state index contributed by atoms with van der Waals surface area (Å²) in [6, 6.07) is 5.96. The predicted octanol–water partition coefficient (Wildman–Crippen LogP) is 1.22.